The van der Waals surface area contributed by atoms with Gasteiger partial charge < -0.3 is 10.8 Å². The van der Waals surface area contributed by atoms with Crippen molar-refractivity contribution in [3.8, 4) is 0 Å². The minimum atomic E-state index is -3.76. The van der Waals surface area contributed by atoms with Gasteiger partial charge in [-0.25, -0.2) is 0 Å². The van der Waals surface area contributed by atoms with Crippen molar-refractivity contribution < 1.29 is 13.5 Å². The molecule has 2 atom stereocenters. The molecule has 0 spiro atoms. The van der Waals surface area contributed by atoms with Gasteiger partial charge in [0.15, 0.2) is 0 Å². The topological polar surface area (TPSA) is 105 Å². The Bertz CT molecular complexity index is 449. The highest BCUT2D eigenvalue weighted by atomic mass is 32.2. The fraction of sp³-hybridized carbons (Fsp3) is 0.286. The van der Waals surface area contributed by atoms with Crippen molar-refractivity contribution in [2.24, 2.45) is 16.0 Å². The average Bonchev–Trinajstić information content (AvgIpc) is 2.05. The second-order valence-electron chi connectivity index (χ2n) is 3.09. The highest BCUT2D eigenvalue weighted by molar-refractivity contribution is 7.88. The van der Waals surface area contributed by atoms with Crippen LogP contribution in [0.5, 0.6) is 0 Å². The summed E-state index contributed by atoms with van der Waals surface area (Å²) < 4.78 is 27.8. The summed E-state index contributed by atoms with van der Waals surface area (Å²) in [6.07, 6.45) is 4.71. The first-order valence-corrected chi connectivity index (χ1v) is 5.38. The Balaban J connectivity index is 2.48. The van der Waals surface area contributed by atoms with Crippen LogP contribution in [0.1, 0.15) is 0 Å². The molecule has 0 bridgehead atoms. The Morgan fingerprint density at radius 1 is 1.57 bits per heavy atom. The van der Waals surface area contributed by atoms with E-state index in [1.807, 2.05) is 0 Å². The van der Waals surface area contributed by atoms with Crippen molar-refractivity contribution >= 4 is 16.0 Å². The second-order valence-corrected chi connectivity index (χ2v) is 4.46. The normalized spacial score (nSPS) is 34.3. The molecule has 1 aliphatic carbocycles. The van der Waals surface area contributed by atoms with Gasteiger partial charge >= 0.3 is 10.2 Å². The maximum atomic E-state index is 11.1. The number of aliphatic hydroxyl groups is 1. The zero-order valence-corrected chi connectivity index (χ0v) is 7.90. The molecule has 14 heavy (non-hydrogen) atoms. The van der Waals surface area contributed by atoms with Gasteiger partial charge in [-0.1, -0.05) is 12.2 Å². The lowest BCUT2D eigenvalue weighted by Gasteiger charge is -2.29. The minimum Gasteiger partial charge on any atom is -0.511 e. The Labute approximate surface area is 81.0 Å². The molecule has 4 N–H and O–H groups in total. The Kier molecular flexibility index (Phi) is 1.86. The first-order chi connectivity index (χ1) is 6.49. The van der Waals surface area contributed by atoms with Crippen molar-refractivity contribution in [1.82, 2.24) is 4.72 Å². The quantitative estimate of drug-likeness (QED) is 0.491. The molecule has 0 saturated carbocycles. The van der Waals surface area contributed by atoms with Crippen molar-refractivity contribution in [1.29, 1.82) is 0 Å². The van der Waals surface area contributed by atoms with Crippen LogP contribution in [-0.4, -0.2) is 25.4 Å². The van der Waals surface area contributed by atoms with Crippen LogP contribution >= 0.6 is 0 Å². The van der Waals surface area contributed by atoms with Gasteiger partial charge in [-0.15, -0.1) is 4.40 Å². The van der Waals surface area contributed by atoms with Gasteiger partial charge in [-0.2, -0.15) is 13.1 Å². The molecular formula is C7H9N3O3S. The predicted octanol–water partition coefficient (Wildman–Crippen LogP) is -0.812. The molecule has 2 unspecified atom stereocenters. The standard InChI is InChI=1S/C7H9N3O3S/c8-7-4-2-1-3-5(11)6(4)9-14(12,13)10-7/h1-4,6,9,11H,(H2,8,10). The van der Waals surface area contributed by atoms with E-state index >= 15 is 0 Å². The third kappa shape index (κ3) is 1.40. The van der Waals surface area contributed by atoms with Gasteiger partial charge in [0.2, 0.25) is 0 Å². The van der Waals surface area contributed by atoms with Gasteiger partial charge in [0.25, 0.3) is 0 Å². The largest absolute Gasteiger partial charge is 0.511 e. The minimum absolute atomic E-state index is 0.00958. The van der Waals surface area contributed by atoms with Crippen molar-refractivity contribution in [3.63, 3.8) is 0 Å². The summed E-state index contributed by atoms with van der Waals surface area (Å²) in [5.41, 5.74) is 5.47. The number of nitrogens with one attached hydrogen (secondary N) is 1. The number of aliphatic hydroxyl groups excluding tert-OH is 1. The van der Waals surface area contributed by atoms with Crippen molar-refractivity contribution in [2.75, 3.05) is 0 Å². The number of amidine groups is 1. The van der Waals surface area contributed by atoms with E-state index in [1.165, 1.54) is 6.08 Å². The fourth-order valence-electron chi connectivity index (χ4n) is 1.46. The summed E-state index contributed by atoms with van der Waals surface area (Å²) in [5, 5.41) is 9.43. The molecule has 0 aromatic rings. The lowest BCUT2D eigenvalue weighted by Crippen LogP contribution is -2.50. The van der Waals surface area contributed by atoms with Crippen LogP contribution in [-0.2, 0) is 10.2 Å². The third-order valence-electron chi connectivity index (χ3n) is 2.11. The Morgan fingerprint density at radius 3 is 3.00 bits per heavy atom. The number of rotatable bonds is 0. The van der Waals surface area contributed by atoms with Gasteiger partial charge in [-0.3, -0.25) is 0 Å². The summed E-state index contributed by atoms with van der Waals surface area (Å²) >= 11 is 0. The van der Waals surface area contributed by atoms with Crippen molar-refractivity contribution in [3.05, 3.63) is 24.0 Å². The molecule has 0 amide bonds. The van der Waals surface area contributed by atoms with Gasteiger partial charge in [0, 0.05) is 0 Å². The Morgan fingerprint density at radius 2 is 2.29 bits per heavy atom. The van der Waals surface area contributed by atoms with Gasteiger partial charge in [0.1, 0.15) is 11.6 Å². The van der Waals surface area contributed by atoms with Gasteiger partial charge in [0.05, 0.1) is 12.0 Å². The van der Waals surface area contributed by atoms with Crippen LogP contribution in [0.4, 0.5) is 0 Å². The number of allylic oxidation sites excluding steroid dienone is 2. The zero-order valence-electron chi connectivity index (χ0n) is 7.08. The Hall–Kier alpha value is -1.34. The lowest BCUT2D eigenvalue weighted by atomic mass is 9.93. The second kappa shape index (κ2) is 2.82. The van der Waals surface area contributed by atoms with E-state index in [9.17, 15) is 13.5 Å². The summed E-state index contributed by atoms with van der Waals surface area (Å²) in [7, 11) is -3.76. The maximum absolute atomic E-state index is 11.1. The monoisotopic (exact) mass is 215 g/mol. The molecule has 0 aromatic heterocycles. The summed E-state index contributed by atoms with van der Waals surface area (Å²) in [6.45, 7) is 0. The number of fused-ring (bicyclic) bond motifs is 1. The zero-order chi connectivity index (χ0) is 10.3. The third-order valence-corrected chi connectivity index (χ3v) is 3.11. The van der Waals surface area contributed by atoms with Crippen LogP contribution < -0.4 is 10.5 Å². The molecule has 1 heterocycles. The highest BCUT2D eigenvalue weighted by Gasteiger charge is 2.36. The molecule has 0 aromatic carbocycles. The van der Waals surface area contributed by atoms with E-state index in [-0.39, 0.29) is 11.6 Å². The summed E-state index contributed by atoms with van der Waals surface area (Å²) in [4.78, 5) is 0. The lowest BCUT2D eigenvalue weighted by molar-refractivity contribution is 0.338. The number of nitrogens with two attached hydrogens (primary N) is 1. The molecular weight excluding hydrogens is 206 g/mol. The smallest absolute Gasteiger partial charge is 0.322 e. The number of hydrogen-bond acceptors (Lipinski definition) is 4. The summed E-state index contributed by atoms with van der Waals surface area (Å²) in [6, 6.07) is -0.720. The van der Waals surface area contributed by atoms with Crippen LogP contribution in [0, 0.1) is 5.92 Å². The SMILES string of the molecule is NC1=NS(=O)(=O)NC2C(O)=CC=CC12. The van der Waals surface area contributed by atoms with E-state index in [2.05, 4.69) is 9.12 Å². The number of nitrogens with zero attached hydrogens (tertiary/aromatic N) is 1. The molecule has 7 heteroatoms. The molecule has 6 nitrogen and oxygen atoms in total. The van der Waals surface area contributed by atoms with Crippen molar-refractivity contribution in [2.45, 2.75) is 6.04 Å². The molecule has 2 rings (SSSR count). The molecule has 0 fully saturated rings. The van der Waals surface area contributed by atoms with Crippen LogP contribution in [0.2, 0.25) is 0 Å². The average molecular weight is 215 g/mol. The highest BCUT2D eigenvalue weighted by Crippen LogP contribution is 2.22. The van der Waals surface area contributed by atoms with Crippen LogP contribution in [0.15, 0.2) is 28.4 Å². The molecule has 0 radical (unpaired) electrons. The number of hydrogen-bond donors (Lipinski definition) is 3. The van der Waals surface area contributed by atoms with E-state index in [4.69, 9.17) is 5.73 Å². The molecule has 0 saturated heterocycles. The fourth-order valence-corrected chi connectivity index (χ4v) is 2.50. The van der Waals surface area contributed by atoms with Gasteiger partial charge in [-0.05, 0) is 6.08 Å². The first kappa shape index (κ1) is 9.22. The van der Waals surface area contributed by atoms with E-state index in [0.29, 0.717) is 0 Å². The van der Waals surface area contributed by atoms with E-state index in [0.717, 1.165) is 0 Å². The van der Waals surface area contributed by atoms with E-state index in [1.54, 1.807) is 12.2 Å². The molecule has 76 valence electrons. The maximum Gasteiger partial charge on any atom is 0.322 e. The molecule has 1 aliphatic heterocycles. The van der Waals surface area contributed by atoms with E-state index < -0.39 is 22.2 Å². The van der Waals surface area contributed by atoms with Crippen LogP contribution in [0.3, 0.4) is 0 Å². The van der Waals surface area contributed by atoms with Crippen LogP contribution in [0.25, 0.3) is 0 Å². The molecule has 2 aliphatic rings. The predicted molar refractivity (Wildman–Crippen MR) is 50.8 cm³/mol. The first-order valence-electron chi connectivity index (χ1n) is 3.94. The summed E-state index contributed by atoms with van der Waals surface area (Å²) in [5.74, 6) is -0.466.